The van der Waals surface area contributed by atoms with E-state index in [1.807, 2.05) is 19.1 Å². The standard InChI is InChI=1S/C11H15BrO3/c1-7(6-13)8-4-5-9(14-2)10(12)11(8)15-3/h4-5,7,13H,6H2,1-3H3. The van der Waals surface area contributed by atoms with Crippen LogP contribution in [0.4, 0.5) is 0 Å². The first-order chi connectivity index (χ1) is 7.15. The van der Waals surface area contributed by atoms with Crippen molar-refractivity contribution in [1.82, 2.24) is 0 Å². The van der Waals surface area contributed by atoms with Gasteiger partial charge < -0.3 is 14.6 Å². The van der Waals surface area contributed by atoms with E-state index in [4.69, 9.17) is 14.6 Å². The molecule has 0 saturated heterocycles. The van der Waals surface area contributed by atoms with Crippen molar-refractivity contribution in [2.24, 2.45) is 0 Å². The lowest BCUT2D eigenvalue weighted by Gasteiger charge is -2.16. The number of rotatable bonds is 4. The van der Waals surface area contributed by atoms with Crippen LogP contribution in [-0.4, -0.2) is 25.9 Å². The van der Waals surface area contributed by atoms with E-state index in [9.17, 15) is 0 Å². The van der Waals surface area contributed by atoms with Crippen molar-refractivity contribution in [1.29, 1.82) is 0 Å². The third kappa shape index (κ3) is 2.44. The number of methoxy groups -OCH3 is 2. The molecule has 1 N–H and O–H groups in total. The van der Waals surface area contributed by atoms with Gasteiger partial charge in [0.1, 0.15) is 16.0 Å². The van der Waals surface area contributed by atoms with Crippen LogP contribution in [0.5, 0.6) is 11.5 Å². The maximum atomic E-state index is 9.12. The van der Waals surface area contributed by atoms with Gasteiger partial charge in [-0.05, 0) is 22.0 Å². The summed E-state index contributed by atoms with van der Waals surface area (Å²) in [7, 11) is 3.21. The molecule has 0 fully saturated rings. The van der Waals surface area contributed by atoms with Crippen LogP contribution in [0.25, 0.3) is 0 Å². The Hall–Kier alpha value is -0.740. The number of halogens is 1. The van der Waals surface area contributed by atoms with E-state index in [2.05, 4.69) is 15.9 Å². The molecule has 1 aromatic rings. The smallest absolute Gasteiger partial charge is 0.140 e. The lowest BCUT2D eigenvalue weighted by atomic mass is 10.0. The van der Waals surface area contributed by atoms with Crippen molar-refractivity contribution in [3.05, 3.63) is 22.2 Å². The van der Waals surface area contributed by atoms with Gasteiger partial charge in [0.25, 0.3) is 0 Å². The zero-order valence-electron chi connectivity index (χ0n) is 9.08. The highest BCUT2D eigenvalue weighted by atomic mass is 79.9. The van der Waals surface area contributed by atoms with Crippen LogP contribution in [0.3, 0.4) is 0 Å². The van der Waals surface area contributed by atoms with Crippen LogP contribution in [-0.2, 0) is 0 Å². The summed E-state index contributed by atoms with van der Waals surface area (Å²) in [6.07, 6.45) is 0. The third-order valence-corrected chi connectivity index (χ3v) is 3.07. The second kappa shape index (κ2) is 5.37. The van der Waals surface area contributed by atoms with Crippen molar-refractivity contribution in [2.45, 2.75) is 12.8 Å². The van der Waals surface area contributed by atoms with Gasteiger partial charge in [-0.3, -0.25) is 0 Å². The zero-order chi connectivity index (χ0) is 11.4. The molecular formula is C11H15BrO3. The van der Waals surface area contributed by atoms with Crippen LogP contribution in [0.2, 0.25) is 0 Å². The Kier molecular flexibility index (Phi) is 4.42. The summed E-state index contributed by atoms with van der Waals surface area (Å²) in [6.45, 7) is 2.03. The topological polar surface area (TPSA) is 38.7 Å². The van der Waals surface area contributed by atoms with E-state index in [0.717, 1.165) is 21.5 Å². The summed E-state index contributed by atoms with van der Waals surface area (Å²) in [6, 6.07) is 3.76. The van der Waals surface area contributed by atoms with E-state index >= 15 is 0 Å². The summed E-state index contributed by atoms with van der Waals surface area (Å²) in [5.74, 6) is 1.48. The summed E-state index contributed by atoms with van der Waals surface area (Å²) in [4.78, 5) is 0. The summed E-state index contributed by atoms with van der Waals surface area (Å²) in [5.41, 5.74) is 0.965. The first kappa shape index (κ1) is 12.3. The van der Waals surface area contributed by atoms with Crippen LogP contribution in [0.1, 0.15) is 18.4 Å². The molecule has 0 saturated carbocycles. The highest BCUT2D eigenvalue weighted by Crippen LogP contribution is 2.39. The first-order valence-electron chi connectivity index (χ1n) is 4.66. The molecule has 0 aromatic heterocycles. The maximum Gasteiger partial charge on any atom is 0.140 e. The fraction of sp³-hybridized carbons (Fsp3) is 0.455. The molecule has 0 spiro atoms. The van der Waals surface area contributed by atoms with Gasteiger partial charge in [-0.25, -0.2) is 0 Å². The number of hydrogen-bond acceptors (Lipinski definition) is 3. The molecule has 0 aliphatic rings. The SMILES string of the molecule is COc1ccc(C(C)CO)c(OC)c1Br. The van der Waals surface area contributed by atoms with E-state index in [-0.39, 0.29) is 12.5 Å². The molecule has 84 valence electrons. The van der Waals surface area contributed by atoms with Crippen molar-refractivity contribution in [2.75, 3.05) is 20.8 Å². The average Bonchev–Trinajstić information content (AvgIpc) is 2.27. The van der Waals surface area contributed by atoms with Crippen LogP contribution in [0, 0.1) is 0 Å². The van der Waals surface area contributed by atoms with E-state index < -0.39 is 0 Å². The molecule has 0 heterocycles. The number of benzene rings is 1. The van der Waals surface area contributed by atoms with Crippen molar-refractivity contribution < 1.29 is 14.6 Å². The molecule has 0 radical (unpaired) electrons. The van der Waals surface area contributed by atoms with Gasteiger partial charge in [-0.15, -0.1) is 0 Å². The predicted octanol–water partition coefficient (Wildman–Crippen LogP) is 2.56. The summed E-state index contributed by atoms with van der Waals surface area (Å²) in [5, 5.41) is 9.12. The molecule has 1 aromatic carbocycles. The average molecular weight is 275 g/mol. The van der Waals surface area contributed by atoms with Crippen molar-refractivity contribution in [3.63, 3.8) is 0 Å². The number of hydrogen-bond donors (Lipinski definition) is 1. The van der Waals surface area contributed by atoms with Gasteiger partial charge in [-0.2, -0.15) is 0 Å². The molecule has 0 aliphatic carbocycles. The van der Waals surface area contributed by atoms with Gasteiger partial charge in [0.05, 0.1) is 14.2 Å². The molecule has 0 amide bonds. The predicted molar refractivity (Wildman–Crippen MR) is 62.7 cm³/mol. The van der Waals surface area contributed by atoms with Crippen molar-refractivity contribution in [3.8, 4) is 11.5 Å². The molecule has 1 unspecified atom stereocenters. The van der Waals surface area contributed by atoms with E-state index in [0.29, 0.717) is 0 Å². The van der Waals surface area contributed by atoms with Crippen LogP contribution in [0.15, 0.2) is 16.6 Å². The van der Waals surface area contributed by atoms with E-state index in [1.165, 1.54) is 0 Å². The second-order valence-corrected chi connectivity index (χ2v) is 4.08. The molecule has 0 bridgehead atoms. The molecule has 15 heavy (non-hydrogen) atoms. The van der Waals surface area contributed by atoms with Gasteiger partial charge in [0.2, 0.25) is 0 Å². The molecule has 3 nitrogen and oxygen atoms in total. The summed E-state index contributed by atoms with van der Waals surface area (Å²) < 4.78 is 11.3. The fourth-order valence-electron chi connectivity index (χ4n) is 1.40. The van der Waals surface area contributed by atoms with E-state index in [1.54, 1.807) is 14.2 Å². The third-order valence-electron chi connectivity index (χ3n) is 2.32. The Morgan fingerprint density at radius 3 is 2.47 bits per heavy atom. The number of aliphatic hydroxyl groups is 1. The second-order valence-electron chi connectivity index (χ2n) is 3.29. The Bertz CT molecular complexity index is 339. The van der Waals surface area contributed by atoms with Crippen LogP contribution >= 0.6 is 15.9 Å². The van der Waals surface area contributed by atoms with Crippen LogP contribution < -0.4 is 9.47 Å². The van der Waals surface area contributed by atoms with Gasteiger partial charge >= 0.3 is 0 Å². The first-order valence-corrected chi connectivity index (χ1v) is 5.46. The highest BCUT2D eigenvalue weighted by Gasteiger charge is 2.16. The van der Waals surface area contributed by atoms with Gasteiger partial charge in [-0.1, -0.05) is 13.0 Å². The fourth-order valence-corrected chi connectivity index (χ4v) is 2.09. The lowest BCUT2D eigenvalue weighted by Crippen LogP contribution is -2.03. The Morgan fingerprint density at radius 2 is 2.00 bits per heavy atom. The summed E-state index contributed by atoms with van der Waals surface area (Å²) >= 11 is 3.42. The minimum atomic E-state index is 0.0437. The maximum absolute atomic E-state index is 9.12. The Morgan fingerprint density at radius 1 is 1.33 bits per heavy atom. The quantitative estimate of drug-likeness (QED) is 0.917. The normalized spacial score (nSPS) is 12.3. The van der Waals surface area contributed by atoms with Crippen molar-refractivity contribution >= 4 is 15.9 Å². The number of aliphatic hydroxyl groups excluding tert-OH is 1. The lowest BCUT2D eigenvalue weighted by molar-refractivity contribution is 0.269. The monoisotopic (exact) mass is 274 g/mol. The Balaban J connectivity index is 3.24. The molecule has 1 atom stereocenters. The molecule has 0 aliphatic heterocycles. The largest absolute Gasteiger partial charge is 0.495 e. The highest BCUT2D eigenvalue weighted by molar-refractivity contribution is 9.10. The molecule has 4 heteroatoms. The van der Waals surface area contributed by atoms with Gasteiger partial charge in [0, 0.05) is 18.1 Å². The number of ether oxygens (including phenoxy) is 2. The minimum Gasteiger partial charge on any atom is -0.495 e. The zero-order valence-corrected chi connectivity index (χ0v) is 10.7. The van der Waals surface area contributed by atoms with Gasteiger partial charge in [0.15, 0.2) is 0 Å². The molecule has 1 rings (SSSR count). The minimum absolute atomic E-state index is 0.0437. The molecular weight excluding hydrogens is 260 g/mol. The Labute approximate surface area is 98.1 Å².